The van der Waals surface area contributed by atoms with Gasteiger partial charge in [0.05, 0.1) is 11.6 Å². The Kier molecular flexibility index (Phi) is 5.10. The van der Waals surface area contributed by atoms with Gasteiger partial charge in [0.1, 0.15) is 5.69 Å². The Hall–Kier alpha value is -1.71. The molecule has 1 aliphatic rings. The van der Waals surface area contributed by atoms with E-state index in [1.165, 1.54) is 0 Å². The number of hydrogen-bond donors (Lipinski definition) is 0. The summed E-state index contributed by atoms with van der Waals surface area (Å²) < 4.78 is 28.0. The molecule has 0 spiro atoms. The number of halogens is 2. The van der Waals surface area contributed by atoms with E-state index in [9.17, 15) is 8.78 Å². The Labute approximate surface area is 124 Å². The van der Waals surface area contributed by atoms with Crippen LogP contribution in [0, 0.1) is 23.0 Å². The fourth-order valence-corrected chi connectivity index (χ4v) is 2.47. The average molecular weight is 294 g/mol. The highest BCUT2D eigenvalue weighted by atomic mass is 19.1. The maximum absolute atomic E-state index is 14.0. The smallest absolute Gasteiger partial charge is 0.150 e. The minimum Gasteiger partial charge on any atom is -0.364 e. The maximum Gasteiger partial charge on any atom is 0.150 e. The van der Waals surface area contributed by atoms with Gasteiger partial charge in [0.2, 0.25) is 0 Å². The Balaban J connectivity index is 2.01. The Bertz CT molecular complexity index is 508. The lowest BCUT2D eigenvalue weighted by molar-refractivity contribution is 0.228. The lowest BCUT2D eigenvalue weighted by Gasteiger charge is -2.36. The standard InChI is InChI=1S/C15H20F2N4/c1-19(2)3-4-20-5-7-21(8-6-20)15-13(16)9-12(11-18)10-14(15)17/h9-10H,3-8H2,1-2H3. The molecule has 1 fully saturated rings. The zero-order valence-corrected chi connectivity index (χ0v) is 12.4. The van der Waals surface area contributed by atoms with Crippen molar-refractivity contribution in [2.75, 3.05) is 58.3 Å². The van der Waals surface area contributed by atoms with Crippen LogP contribution in [0.5, 0.6) is 0 Å². The van der Waals surface area contributed by atoms with E-state index in [4.69, 9.17) is 5.26 Å². The molecular formula is C15H20F2N4. The maximum atomic E-state index is 14.0. The van der Waals surface area contributed by atoms with Gasteiger partial charge in [0, 0.05) is 39.3 Å². The number of benzene rings is 1. The topological polar surface area (TPSA) is 33.5 Å². The van der Waals surface area contributed by atoms with Crippen LogP contribution in [0.15, 0.2) is 12.1 Å². The molecule has 1 aromatic rings. The molecule has 0 radical (unpaired) electrons. The molecule has 21 heavy (non-hydrogen) atoms. The van der Waals surface area contributed by atoms with Crippen LogP contribution in [0.25, 0.3) is 0 Å². The van der Waals surface area contributed by atoms with E-state index in [1.54, 1.807) is 11.0 Å². The van der Waals surface area contributed by atoms with Gasteiger partial charge in [-0.15, -0.1) is 0 Å². The molecule has 0 atom stereocenters. The molecule has 1 aromatic carbocycles. The molecule has 0 unspecified atom stereocenters. The van der Waals surface area contributed by atoms with E-state index in [0.29, 0.717) is 13.1 Å². The van der Waals surface area contributed by atoms with Gasteiger partial charge in [-0.2, -0.15) is 5.26 Å². The molecule has 0 aliphatic carbocycles. The highest BCUT2D eigenvalue weighted by Gasteiger charge is 2.22. The predicted octanol–water partition coefficient (Wildman–Crippen LogP) is 1.52. The molecule has 0 N–H and O–H groups in total. The summed E-state index contributed by atoms with van der Waals surface area (Å²) in [6.07, 6.45) is 0. The van der Waals surface area contributed by atoms with Gasteiger partial charge in [-0.25, -0.2) is 8.78 Å². The van der Waals surface area contributed by atoms with Gasteiger partial charge < -0.3 is 9.80 Å². The normalized spacial score (nSPS) is 16.3. The monoisotopic (exact) mass is 294 g/mol. The van der Waals surface area contributed by atoms with Crippen molar-refractivity contribution in [1.29, 1.82) is 5.26 Å². The first kappa shape index (κ1) is 15.7. The molecular weight excluding hydrogens is 274 g/mol. The summed E-state index contributed by atoms with van der Waals surface area (Å²) in [6, 6.07) is 3.95. The first-order chi connectivity index (χ1) is 10.0. The quantitative estimate of drug-likeness (QED) is 0.843. The summed E-state index contributed by atoms with van der Waals surface area (Å²) in [4.78, 5) is 6.13. The number of piperazine rings is 1. The third-order valence-electron chi connectivity index (χ3n) is 3.70. The fourth-order valence-electron chi connectivity index (χ4n) is 2.47. The molecule has 0 bridgehead atoms. The molecule has 2 rings (SSSR count). The molecule has 0 saturated carbocycles. The first-order valence-electron chi connectivity index (χ1n) is 7.02. The highest BCUT2D eigenvalue weighted by Crippen LogP contribution is 2.25. The van der Waals surface area contributed by atoms with E-state index in [0.717, 1.165) is 38.3 Å². The van der Waals surface area contributed by atoms with Crippen molar-refractivity contribution in [2.24, 2.45) is 0 Å². The largest absolute Gasteiger partial charge is 0.364 e. The van der Waals surface area contributed by atoms with Crippen molar-refractivity contribution >= 4 is 5.69 Å². The van der Waals surface area contributed by atoms with Crippen LogP contribution >= 0.6 is 0 Å². The van der Waals surface area contributed by atoms with Crippen LogP contribution in [0.2, 0.25) is 0 Å². The molecule has 1 aliphatic heterocycles. The number of nitrogens with zero attached hydrogens (tertiary/aromatic N) is 4. The summed E-state index contributed by atoms with van der Waals surface area (Å²) in [5.74, 6) is -1.32. The van der Waals surface area contributed by atoms with Crippen molar-refractivity contribution in [3.8, 4) is 6.07 Å². The number of anilines is 1. The highest BCUT2D eigenvalue weighted by molar-refractivity contribution is 5.53. The van der Waals surface area contributed by atoms with Gasteiger partial charge in [-0.3, -0.25) is 4.90 Å². The number of rotatable bonds is 4. The molecule has 0 amide bonds. The van der Waals surface area contributed by atoms with Gasteiger partial charge in [0.15, 0.2) is 11.6 Å². The fraction of sp³-hybridized carbons (Fsp3) is 0.533. The Morgan fingerprint density at radius 3 is 2.19 bits per heavy atom. The number of nitriles is 1. The van der Waals surface area contributed by atoms with Crippen LogP contribution in [0.3, 0.4) is 0 Å². The summed E-state index contributed by atoms with van der Waals surface area (Å²) in [5, 5.41) is 8.72. The first-order valence-corrected chi connectivity index (χ1v) is 7.02. The predicted molar refractivity (Wildman–Crippen MR) is 78.3 cm³/mol. The molecule has 6 heteroatoms. The zero-order chi connectivity index (χ0) is 15.4. The second kappa shape index (κ2) is 6.83. The molecule has 0 aromatic heterocycles. The van der Waals surface area contributed by atoms with Crippen molar-refractivity contribution in [1.82, 2.24) is 9.80 Å². The minimum atomic E-state index is -0.659. The second-order valence-electron chi connectivity index (χ2n) is 5.53. The van der Waals surface area contributed by atoms with Crippen LogP contribution in [0.1, 0.15) is 5.56 Å². The Morgan fingerprint density at radius 1 is 1.14 bits per heavy atom. The third kappa shape index (κ3) is 3.90. The lowest BCUT2D eigenvalue weighted by Crippen LogP contribution is -2.48. The molecule has 114 valence electrons. The molecule has 1 heterocycles. The SMILES string of the molecule is CN(C)CCN1CCN(c2c(F)cc(C#N)cc2F)CC1. The van der Waals surface area contributed by atoms with Crippen molar-refractivity contribution in [3.63, 3.8) is 0 Å². The van der Waals surface area contributed by atoms with E-state index < -0.39 is 11.6 Å². The van der Waals surface area contributed by atoms with Crippen molar-refractivity contribution in [2.45, 2.75) is 0 Å². The minimum absolute atomic E-state index is 0.0124. The van der Waals surface area contributed by atoms with Crippen LogP contribution in [0.4, 0.5) is 14.5 Å². The summed E-state index contributed by atoms with van der Waals surface area (Å²) >= 11 is 0. The van der Waals surface area contributed by atoms with Gasteiger partial charge >= 0.3 is 0 Å². The second-order valence-corrected chi connectivity index (χ2v) is 5.53. The molecule has 4 nitrogen and oxygen atoms in total. The van der Waals surface area contributed by atoms with Crippen LogP contribution in [-0.4, -0.2) is 63.2 Å². The van der Waals surface area contributed by atoms with Crippen molar-refractivity contribution < 1.29 is 8.78 Å². The van der Waals surface area contributed by atoms with E-state index in [-0.39, 0.29) is 11.3 Å². The van der Waals surface area contributed by atoms with E-state index in [2.05, 4.69) is 9.80 Å². The van der Waals surface area contributed by atoms with Gasteiger partial charge in [-0.05, 0) is 26.2 Å². The van der Waals surface area contributed by atoms with E-state index >= 15 is 0 Å². The third-order valence-corrected chi connectivity index (χ3v) is 3.70. The van der Waals surface area contributed by atoms with Gasteiger partial charge in [-0.1, -0.05) is 0 Å². The average Bonchev–Trinajstić information content (AvgIpc) is 2.45. The van der Waals surface area contributed by atoms with Crippen LogP contribution in [-0.2, 0) is 0 Å². The number of hydrogen-bond acceptors (Lipinski definition) is 4. The zero-order valence-electron chi connectivity index (χ0n) is 12.4. The van der Waals surface area contributed by atoms with Gasteiger partial charge in [0.25, 0.3) is 0 Å². The molecule has 1 saturated heterocycles. The summed E-state index contributed by atoms with van der Waals surface area (Å²) in [5.41, 5.74) is -0.000344. The summed E-state index contributed by atoms with van der Waals surface area (Å²) in [6.45, 7) is 4.68. The Morgan fingerprint density at radius 2 is 1.71 bits per heavy atom. The van der Waals surface area contributed by atoms with Crippen LogP contribution < -0.4 is 4.90 Å². The lowest BCUT2D eigenvalue weighted by atomic mass is 10.1. The summed E-state index contributed by atoms with van der Waals surface area (Å²) in [7, 11) is 4.05. The van der Waals surface area contributed by atoms with Crippen molar-refractivity contribution in [3.05, 3.63) is 29.3 Å². The number of likely N-dealkylation sites (N-methyl/N-ethyl adjacent to an activating group) is 1. The van der Waals surface area contributed by atoms with E-state index in [1.807, 2.05) is 14.1 Å².